The van der Waals surface area contributed by atoms with Gasteiger partial charge in [0.2, 0.25) is 0 Å². The maximum atomic E-state index is 2.33. The van der Waals surface area contributed by atoms with Crippen LogP contribution in [0.15, 0.2) is 70.5 Å². The Balaban J connectivity index is 2.11. The topological polar surface area (TPSA) is 0 Å². The van der Waals surface area contributed by atoms with Gasteiger partial charge in [0.1, 0.15) is 0 Å². The summed E-state index contributed by atoms with van der Waals surface area (Å²) in [5.41, 5.74) is 0. The minimum absolute atomic E-state index is 1.34. The molecule has 0 nitrogen and oxygen atoms in total. The molecule has 4 aromatic carbocycles. The molecule has 0 radical (unpaired) electrons. The fraction of sp³-hybridized carbons (Fsp3) is 0. The summed E-state index contributed by atoms with van der Waals surface area (Å²) in [6.45, 7) is 0. The Hall–Kier alpha value is -1.64. The zero-order chi connectivity index (χ0) is 13.1. The van der Waals surface area contributed by atoms with Gasteiger partial charge in [-0.25, -0.2) is 0 Å². The summed E-state index contributed by atoms with van der Waals surface area (Å²) in [6.07, 6.45) is 0. The summed E-state index contributed by atoms with van der Waals surface area (Å²) in [6, 6.07) is 22.1. The van der Waals surface area contributed by atoms with Gasteiger partial charge in [-0.15, -0.1) is 0 Å². The van der Waals surface area contributed by atoms with E-state index in [0.717, 1.165) is 0 Å². The van der Waals surface area contributed by atoms with E-state index in [0.29, 0.717) is 0 Å². The molecule has 20 heavy (non-hydrogen) atoms. The molecule has 0 aromatic heterocycles. The molecule has 0 atom stereocenters. The van der Waals surface area contributed by atoms with Crippen LogP contribution in [0.25, 0.3) is 32.3 Å². The molecule has 0 spiro atoms. The van der Waals surface area contributed by atoms with Crippen LogP contribution in [0.5, 0.6) is 0 Å². The zero-order valence-electron chi connectivity index (χ0n) is 10.6. The third kappa shape index (κ3) is 1.36. The van der Waals surface area contributed by atoms with Crippen LogP contribution in [-0.2, 0) is 0 Å². The first-order valence-corrected chi connectivity index (χ1v) is 8.78. The van der Waals surface area contributed by atoms with Gasteiger partial charge in [-0.3, -0.25) is 0 Å². The Morgan fingerprint density at radius 3 is 1.60 bits per heavy atom. The summed E-state index contributed by atoms with van der Waals surface area (Å²) >= 11 is 0. The molecule has 1 aliphatic heterocycles. The Morgan fingerprint density at radius 1 is 0.550 bits per heavy atom. The van der Waals surface area contributed by atoms with Gasteiger partial charge in [0, 0.05) is 15.2 Å². The molecule has 0 fully saturated rings. The molecule has 0 unspecified atom stereocenters. The van der Waals surface area contributed by atoms with E-state index in [1.807, 2.05) is 21.6 Å². The van der Waals surface area contributed by atoms with Crippen molar-refractivity contribution in [3.05, 3.63) is 60.7 Å². The Labute approximate surface area is 124 Å². The standard InChI is InChI=1S/C18H10S2/c1-3-7-14-11(5-1)9-13-10-12-6-2-4-8-15(12)18-16(13)17(14)19-20-18/h1-10H. The number of benzene rings is 4. The molecular formula is C18H10S2. The number of rotatable bonds is 0. The van der Waals surface area contributed by atoms with Crippen molar-refractivity contribution in [2.75, 3.05) is 0 Å². The Morgan fingerprint density at radius 2 is 1.05 bits per heavy atom. The Kier molecular flexibility index (Phi) is 2.18. The fourth-order valence-corrected chi connectivity index (χ4v) is 6.00. The van der Waals surface area contributed by atoms with Crippen molar-refractivity contribution in [3.63, 3.8) is 0 Å². The summed E-state index contributed by atoms with van der Waals surface area (Å²) in [5.74, 6) is 0. The van der Waals surface area contributed by atoms with Crippen molar-refractivity contribution in [1.29, 1.82) is 0 Å². The molecule has 1 aliphatic rings. The summed E-state index contributed by atoms with van der Waals surface area (Å²) in [7, 11) is 3.81. The molecule has 0 N–H and O–H groups in total. The molecule has 0 saturated carbocycles. The van der Waals surface area contributed by atoms with Crippen LogP contribution in [0.1, 0.15) is 0 Å². The molecule has 4 aromatic rings. The fourth-order valence-electron chi connectivity index (χ4n) is 3.07. The minimum Gasteiger partial charge on any atom is -0.0616 e. The van der Waals surface area contributed by atoms with Crippen LogP contribution >= 0.6 is 21.6 Å². The molecular weight excluding hydrogens is 280 g/mol. The average molecular weight is 290 g/mol. The van der Waals surface area contributed by atoms with Gasteiger partial charge < -0.3 is 0 Å². The zero-order valence-corrected chi connectivity index (χ0v) is 12.2. The number of hydrogen-bond acceptors (Lipinski definition) is 2. The minimum atomic E-state index is 1.34. The van der Waals surface area contributed by atoms with E-state index >= 15 is 0 Å². The van der Waals surface area contributed by atoms with E-state index in [1.165, 1.54) is 42.1 Å². The van der Waals surface area contributed by atoms with Crippen LogP contribution in [0.4, 0.5) is 0 Å². The van der Waals surface area contributed by atoms with Crippen molar-refractivity contribution in [1.82, 2.24) is 0 Å². The monoisotopic (exact) mass is 290 g/mol. The second-order valence-corrected chi connectivity index (χ2v) is 7.27. The lowest BCUT2D eigenvalue weighted by Crippen LogP contribution is -1.82. The summed E-state index contributed by atoms with van der Waals surface area (Å²) in [5, 5.41) is 8.25. The van der Waals surface area contributed by atoms with E-state index in [2.05, 4.69) is 60.7 Å². The highest BCUT2D eigenvalue weighted by atomic mass is 33.1. The highest BCUT2D eigenvalue weighted by molar-refractivity contribution is 8.77. The molecule has 0 bridgehead atoms. The molecule has 2 heteroatoms. The molecule has 5 rings (SSSR count). The smallest absolute Gasteiger partial charge is 0.0355 e. The lowest BCUT2D eigenvalue weighted by atomic mass is 9.99. The second-order valence-electron chi connectivity index (χ2n) is 5.12. The third-order valence-electron chi connectivity index (χ3n) is 3.98. The van der Waals surface area contributed by atoms with Crippen molar-refractivity contribution < 1.29 is 0 Å². The largest absolute Gasteiger partial charge is 0.0616 e. The van der Waals surface area contributed by atoms with E-state index in [9.17, 15) is 0 Å². The quantitative estimate of drug-likeness (QED) is 0.277. The molecule has 0 aliphatic carbocycles. The summed E-state index contributed by atoms with van der Waals surface area (Å²) < 4.78 is 0. The van der Waals surface area contributed by atoms with Crippen molar-refractivity contribution in [2.24, 2.45) is 0 Å². The average Bonchev–Trinajstić information content (AvgIpc) is 2.94. The van der Waals surface area contributed by atoms with Gasteiger partial charge in [0.25, 0.3) is 0 Å². The van der Waals surface area contributed by atoms with Gasteiger partial charge >= 0.3 is 0 Å². The maximum absolute atomic E-state index is 2.33. The maximum Gasteiger partial charge on any atom is 0.0355 e. The predicted molar refractivity (Wildman–Crippen MR) is 90.7 cm³/mol. The van der Waals surface area contributed by atoms with Crippen molar-refractivity contribution in [3.8, 4) is 0 Å². The molecule has 1 heterocycles. The summed E-state index contributed by atoms with van der Waals surface area (Å²) in [4.78, 5) is 2.87. The SMILES string of the molecule is c1ccc2c3c4c(c5ccccc5cc4cc2c1)SS3. The van der Waals surface area contributed by atoms with E-state index < -0.39 is 0 Å². The van der Waals surface area contributed by atoms with Gasteiger partial charge in [0.05, 0.1) is 0 Å². The lowest BCUT2D eigenvalue weighted by molar-refractivity contribution is 1.56. The molecule has 0 saturated heterocycles. The van der Waals surface area contributed by atoms with Crippen LogP contribution in [0.3, 0.4) is 0 Å². The van der Waals surface area contributed by atoms with Gasteiger partial charge in [-0.1, -0.05) is 70.1 Å². The predicted octanol–water partition coefficient (Wildman–Crippen LogP) is 6.26. The first-order chi connectivity index (χ1) is 9.92. The Bertz CT molecular complexity index is 924. The normalized spacial score (nSPS) is 13.6. The second kappa shape index (κ2) is 3.94. The third-order valence-corrected chi connectivity index (χ3v) is 6.50. The van der Waals surface area contributed by atoms with Crippen molar-refractivity contribution >= 4 is 53.9 Å². The number of fused-ring (bicyclic) bond motifs is 4. The van der Waals surface area contributed by atoms with E-state index in [-0.39, 0.29) is 0 Å². The van der Waals surface area contributed by atoms with Crippen molar-refractivity contribution in [2.45, 2.75) is 9.79 Å². The number of hydrogen-bond donors (Lipinski definition) is 0. The molecule has 0 amide bonds. The first-order valence-electron chi connectivity index (χ1n) is 6.63. The van der Waals surface area contributed by atoms with E-state index in [1.54, 1.807) is 0 Å². The van der Waals surface area contributed by atoms with Crippen LogP contribution in [0, 0.1) is 0 Å². The van der Waals surface area contributed by atoms with Crippen LogP contribution in [-0.4, -0.2) is 0 Å². The lowest BCUT2D eigenvalue weighted by Gasteiger charge is -2.08. The van der Waals surface area contributed by atoms with Crippen LogP contribution < -0.4 is 0 Å². The van der Waals surface area contributed by atoms with Gasteiger partial charge in [0.15, 0.2) is 0 Å². The highest BCUT2D eigenvalue weighted by Gasteiger charge is 2.21. The van der Waals surface area contributed by atoms with E-state index in [4.69, 9.17) is 0 Å². The van der Waals surface area contributed by atoms with Crippen LogP contribution in [0.2, 0.25) is 0 Å². The molecule has 94 valence electrons. The van der Waals surface area contributed by atoms with Gasteiger partial charge in [-0.05, 0) is 39.1 Å². The highest BCUT2D eigenvalue weighted by Crippen LogP contribution is 2.56. The van der Waals surface area contributed by atoms with Gasteiger partial charge in [-0.2, -0.15) is 0 Å². The first kappa shape index (κ1) is 11.1.